The number of carbonyl (C=O) groups excluding carboxylic acids is 3. The van der Waals surface area contributed by atoms with Crippen LogP contribution < -0.4 is 10.2 Å². The van der Waals surface area contributed by atoms with Crippen LogP contribution in [0.3, 0.4) is 0 Å². The highest BCUT2D eigenvalue weighted by molar-refractivity contribution is 7.17. The molecule has 2 heterocycles. The van der Waals surface area contributed by atoms with Crippen molar-refractivity contribution in [3.8, 4) is 0 Å². The van der Waals surface area contributed by atoms with Crippen molar-refractivity contribution in [2.45, 2.75) is 13.3 Å². The van der Waals surface area contributed by atoms with E-state index in [0.717, 1.165) is 11.3 Å². The maximum absolute atomic E-state index is 11.6. The number of esters is 1. The van der Waals surface area contributed by atoms with Gasteiger partial charge in [-0.05, 0) is 0 Å². The van der Waals surface area contributed by atoms with Crippen LogP contribution in [0, 0.1) is 0 Å². The average molecular weight is 297 g/mol. The van der Waals surface area contributed by atoms with Crippen LogP contribution in [0.25, 0.3) is 0 Å². The molecule has 1 aromatic rings. The highest BCUT2D eigenvalue weighted by atomic mass is 32.1. The van der Waals surface area contributed by atoms with Gasteiger partial charge in [0.25, 0.3) is 0 Å². The Morgan fingerprint density at radius 1 is 1.40 bits per heavy atom. The molecule has 1 fully saturated rings. The van der Waals surface area contributed by atoms with Crippen LogP contribution in [0.15, 0.2) is 0 Å². The molecule has 20 heavy (non-hydrogen) atoms. The fourth-order valence-electron chi connectivity index (χ4n) is 1.88. The lowest BCUT2D eigenvalue weighted by Gasteiger charge is -2.17. The van der Waals surface area contributed by atoms with E-state index in [9.17, 15) is 14.4 Å². The fourth-order valence-corrected chi connectivity index (χ4v) is 2.88. The summed E-state index contributed by atoms with van der Waals surface area (Å²) in [6.45, 7) is 3.01. The second-order valence-corrected chi connectivity index (χ2v) is 5.29. The van der Waals surface area contributed by atoms with Gasteiger partial charge in [0.05, 0.1) is 7.11 Å². The second kappa shape index (κ2) is 6.00. The number of nitrogens with zero attached hydrogens (tertiary/aromatic N) is 2. The maximum Gasteiger partial charge on any atom is 0.358 e. The first-order chi connectivity index (χ1) is 9.52. The number of methoxy groups -OCH3 is 1. The normalized spacial score (nSPS) is 15.5. The van der Waals surface area contributed by atoms with Crippen molar-refractivity contribution in [3.63, 3.8) is 0 Å². The molecule has 2 rings (SSSR count). The molecule has 1 N–H and O–H groups in total. The molecule has 0 unspecified atom stereocenters. The first kappa shape index (κ1) is 14.4. The Hall–Kier alpha value is -1.96. The Morgan fingerprint density at radius 2 is 2.15 bits per heavy atom. The highest BCUT2D eigenvalue weighted by Gasteiger charge is 2.25. The molecule has 0 bridgehead atoms. The zero-order valence-electron chi connectivity index (χ0n) is 11.3. The monoisotopic (exact) mass is 297 g/mol. The molecule has 8 heteroatoms. The minimum atomic E-state index is -0.623. The molecule has 1 amide bonds. The topological polar surface area (TPSA) is 88.6 Å². The van der Waals surface area contributed by atoms with Gasteiger partial charge in [-0.15, -0.1) is 0 Å². The van der Waals surface area contributed by atoms with E-state index in [1.54, 1.807) is 0 Å². The number of ether oxygens (including phenoxy) is 1. The Morgan fingerprint density at radius 3 is 2.80 bits per heavy atom. The van der Waals surface area contributed by atoms with Crippen molar-refractivity contribution in [1.29, 1.82) is 0 Å². The minimum Gasteiger partial charge on any atom is -0.464 e. The summed E-state index contributed by atoms with van der Waals surface area (Å²) in [7, 11) is 1.25. The number of anilines is 1. The minimum absolute atomic E-state index is 0.0101. The van der Waals surface area contributed by atoms with Gasteiger partial charge in [0.2, 0.25) is 5.91 Å². The van der Waals surface area contributed by atoms with E-state index in [1.165, 1.54) is 14.0 Å². The quantitative estimate of drug-likeness (QED) is 0.644. The van der Waals surface area contributed by atoms with E-state index >= 15 is 0 Å². The number of amides is 1. The van der Waals surface area contributed by atoms with Crippen LogP contribution in [-0.4, -0.2) is 49.4 Å². The molecule has 1 saturated heterocycles. The van der Waals surface area contributed by atoms with Crippen LogP contribution >= 0.6 is 11.3 Å². The number of nitrogens with one attached hydrogen (secondary N) is 1. The summed E-state index contributed by atoms with van der Waals surface area (Å²) in [5, 5.41) is 3.32. The number of thiazole rings is 1. The van der Waals surface area contributed by atoms with Gasteiger partial charge in [-0.1, -0.05) is 11.3 Å². The molecule has 1 aliphatic rings. The van der Waals surface area contributed by atoms with E-state index in [4.69, 9.17) is 0 Å². The zero-order chi connectivity index (χ0) is 14.7. The third-order valence-corrected chi connectivity index (χ3v) is 4.11. The van der Waals surface area contributed by atoms with Gasteiger partial charge in [-0.25, -0.2) is 9.78 Å². The van der Waals surface area contributed by atoms with E-state index in [2.05, 4.69) is 15.0 Å². The Bertz CT molecular complexity index is 555. The molecule has 0 atom stereocenters. The first-order valence-corrected chi connectivity index (χ1v) is 6.96. The van der Waals surface area contributed by atoms with Gasteiger partial charge in [0.15, 0.2) is 16.6 Å². The molecule has 108 valence electrons. The molecule has 0 spiro atoms. The molecular weight excluding hydrogens is 282 g/mol. The van der Waals surface area contributed by atoms with Gasteiger partial charge in [0, 0.05) is 33.0 Å². The maximum atomic E-state index is 11.6. The van der Waals surface area contributed by atoms with Crippen molar-refractivity contribution in [3.05, 3.63) is 10.6 Å². The van der Waals surface area contributed by atoms with Crippen LogP contribution in [0.4, 0.5) is 5.13 Å². The summed E-state index contributed by atoms with van der Waals surface area (Å²) < 4.78 is 4.64. The summed E-state index contributed by atoms with van der Waals surface area (Å²) in [6, 6.07) is 0. The Kier molecular flexibility index (Phi) is 4.33. The lowest BCUT2D eigenvalue weighted by molar-refractivity contribution is -0.120. The van der Waals surface area contributed by atoms with E-state index < -0.39 is 5.97 Å². The van der Waals surface area contributed by atoms with E-state index in [0.29, 0.717) is 31.2 Å². The molecule has 1 aromatic heterocycles. The standard InChI is InChI=1S/C12H15N3O4S/c1-7(16)10-9(11(18)19-2)14-12(20-10)15-5-3-8(17)13-4-6-15/h3-6H2,1-2H3,(H,13,17). The number of Topliss-reactive ketones (excluding diaryl/α,β-unsaturated/α-hetero) is 1. The summed E-state index contributed by atoms with van der Waals surface area (Å²) in [5.74, 6) is -0.857. The highest BCUT2D eigenvalue weighted by Crippen LogP contribution is 2.27. The van der Waals surface area contributed by atoms with Gasteiger partial charge in [0.1, 0.15) is 4.88 Å². The van der Waals surface area contributed by atoms with Crippen LogP contribution in [-0.2, 0) is 9.53 Å². The number of hydrogen-bond donors (Lipinski definition) is 1. The van der Waals surface area contributed by atoms with Crippen LogP contribution in [0.1, 0.15) is 33.5 Å². The molecule has 0 saturated carbocycles. The zero-order valence-corrected chi connectivity index (χ0v) is 12.1. The van der Waals surface area contributed by atoms with Crippen LogP contribution in [0.5, 0.6) is 0 Å². The van der Waals surface area contributed by atoms with Crippen molar-refractivity contribution in [2.24, 2.45) is 0 Å². The lowest BCUT2D eigenvalue weighted by Crippen LogP contribution is -2.28. The van der Waals surface area contributed by atoms with Gasteiger partial charge < -0.3 is 15.0 Å². The number of ketones is 1. The van der Waals surface area contributed by atoms with Crippen LogP contribution in [0.2, 0.25) is 0 Å². The number of carbonyl (C=O) groups is 3. The molecule has 7 nitrogen and oxygen atoms in total. The summed E-state index contributed by atoms with van der Waals surface area (Å²) in [5.41, 5.74) is 0.0449. The van der Waals surface area contributed by atoms with E-state index in [1.807, 2.05) is 4.90 Å². The fraction of sp³-hybridized carbons (Fsp3) is 0.500. The summed E-state index contributed by atoms with van der Waals surface area (Å²) in [6.07, 6.45) is 0.364. The molecule has 0 radical (unpaired) electrons. The molecule has 0 aromatic carbocycles. The SMILES string of the molecule is COC(=O)c1nc(N2CCNC(=O)CC2)sc1C(C)=O. The third kappa shape index (κ3) is 2.96. The molecule has 1 aliphatic heterocycles. The number of hydrogen-bond acceptors (Lipinski definition) is 7. The number of rotatable bonds is 3. The van der Waals surface area contributed by atoms with Gasteiger partial charge in [-0.2, -0.15) is 0 Å². The van der Waals surface area contributed by atoms with Crippen molar-refractivity contribution < 1.29 is 19.1 Å². The average Bonchev–Trinajstić information content (AvgIpc) is 2.76. The lowest BCUT2D eigenvalue weighted by atomic mass is 10.3. The predicted molar refractivity (Wildman–Crippen MR) is 73.3 cm³/mol. The summed E-state index contributed by atoms with van der Waals surface area (Å²) in [4.78, 5) is 40.9. The predicted octanol–water partition coefficient (Wildman–Crippen LogP) is 0.459. The van der Waals surface area contributed by atoms with Crippen molar-refractivity contribution in [1.82, 2.24) is 10.3 Å². The molecule has 0 aliphatic carbocycles. The smallest absolute Gasteiger partial charge is 0.358 e. The van der Waals surface area contributed by atoms with E-state index in [-0.39, 0.29) is 22.3 Å². The Balaban J connectivity index is 2.30. The largest absolute Gasteiger partial charge is 0.464 e. The van der Waals surface area contributed by atoms with Crippen molar-refractivity contribution >= 4 is 34.1 Å². The Labute approximate surface area is 119 Å². The summed E-state index contributed by atoms with van der Waals surface area (Å²) >= 11 is 1.15. The third-order valence-electron chi connectivity index (χ3n) is 2.90. The number of aromatic nitrogens is 1. The van der Waals surface area contributed by atoms with Crippen molar-refractivity contribution in [2.75, 3.05) is 31.6 Å². The van der Waals surface area contributed by atoms with Gasteiger partial charge in [-0.3, -0.25) is 9.59 Å². The first-order valence-electron chi connectivity index (χ1n) is 6.14. The van der Waals surface area contributed by atoms with Gasteiger partial charge >= 0.3 is 5.97 Å². The second-order valence-electron chi connectivity index (χ2n) is 4.31. The molecular formula is C12H15N3O4S.